The van der Waals surface area contributed by atoms with E-state index in [9.17, 15) is 0 Å². The number of aromatic nitrogens is 2. The molecule has 27 heavy (non-hydrogen) atoms. The average Bonchev–Trinajstić information content (AvgIpc) is 2.86. The first-order valence-corrected chi connectivity index (χ1v) is 9.78. The van der Waals surface area contributed by atoms with Crippen molar-refractivity contribution in [3.05, 3.63) is 17.0 Å². The fourth-order valence-electron chi connectivity index (χ4n) is 3.38. The van der Waals surface area contributed by atoms with Crippen LogP contribution in [0.4, 0.5) is 0 Å². The molecule has 0 aliphatic carbocycles. The molecule has 0 amide bonds. The summed E-state index contributed by atoms with van der Waals surface area (Å²) in [5.74, 6) is 0.888. The lowest BCUT2D eigenvalue weighted by atomic mass is 10.1. The Bertz CT molecular complexity index is 597. The van der Waals surface area contributed by atoms with Crippen LogP contribution < -0.4 is 10.6 Å². The summed E-state index contributed by atoms with van der Waals surface area (Å²) < 4.78 is 7.39. The van der Waals surface area contributed by atoms with Gasteiger partial charge in [-0.05, 0) is 46.6 Å². The molecule has 0 bridgehead atoms. The molecule has 1 aliphatic rings. The minimum Gasteiger partial charge on any atom is -0.379 e. The molecule has 1 aromatic heterocycles. The summed E-state index contributed by atoms with van der Waals surface area (Å²) in [4.78, 5) is 7.26. The Morgan fingerprint density at radius 1 is 1.26 bits per heavy atom. The quantitative estimate of drug-likeness (QED) is 0.346. The molecule has 2 atom stereocenters. The van der Waals surface area contributed by atoms with Crippen LogP contribution >= 0.6 is 24.0 Å². The van der Waals surface area contributed by atoms with E-state index in [1.807, 2.05) is 11.7 Å². The lowest BCUT2D eigenvalue weighted by molar-refractivity contribution is 0.0220. The van der Waals surface area contributed by atoms with Gasteiger partial charge in [-0.2, -0.15) is 5.10 Å². The zero-order chi connectivity index (χ0) is 19.1. The van der Waals surface area contributed by atoms with Crippen molar-refractivity contribution < 1.29 is 4.74 Å². The summed E-state index contributed by atoms with van der Waals surface area (Å²) in [6.45, 7) is 16.0. The highest BCUT2D eigenvalue weighted by molar-refractivity contribution is 14.0. The summed E-state index contributed by atoms with van der Waals surface area (Å²) >= 11 is 0. The first kappa shape index (κ1) is 24.2. The average molecular weight is 492 g/mol. The highest BCUT2D eigenvalue weighted by atomic mass is 127. The fourth-order valence-corrected chi connectivity index (χ4v) is 3.38. The van der Waals surface area contributed by atoms with E-state index in [-0.39, 0.29) is 30.0 Å². The molecule has 1 aromatic rings. The number of rotatable bonds is 7. The molecule has 0 saturated carbocycles. The number of halogens is 1. The van der Waals surface area contributed by atoms with Crippen molar-refractivity contribution in [3.8, 4) is 0 Å². The second kappa shape index (κ2) is 11.9. The lowest BCUT2D eigenvalue weighted by Crippen LogP contribution is -2.46. The highest BCUT2D eigenvalue weighted by Crippen LogP contribution is 2.14. The number of ether oxygens (including phenoxy) is 1. The Balaban J connectivity index is 0.00000364. The summed E-state index contributed by atoms with van der Waals surface area (Å²) in [6, 6.07) is 0.709. The monoisotopic (exact) mass is 492 g/mol. The molecule has 2 rings (SSSR count). The topological polar surface area (TPSA) is 66.7 Å². The van der Waals surface area contributed by atoms with E-state index in [0.29, 0.717) is 6.04 Å². The molecule has 2 unspecified atom stereocenters. The maximum atomic E-state index is 5.44. The molecule has 1 aliphatic heterocycles. The molecule has 2 N–H and O–H groups in total. The van der Waals surface area contributed by atoms with Crippen LogP contribution in [-0.4, -0.2) is 72.1 Å². The van der Waals surface area contributed by atoms with Gasteiger partial charge < -0.3 is 15.4 Å². The van der Waals surface area contributed by atoms with Crippen LogP contribution in [0.2, 0.25) is 0 Å². The van der Waals surface area contributed by atoms with Crippen molar-refractivity contribution in [3.63, 3.8) is 0 Å². The van der Waals surface area contributed by atoms with Crippen LogP contribution in [0.1, 0.15) is 37.7 Å². The van der Waals surface area contributed by atoms with Crippen LogP contribution in [0.25, 0.3) is 0 Å². The largest absolute Gasteiger partial charge is 0.379 e. The zero-order valence-electron chi connectivity index (χ0n) is 17.7. The Morgan fingerprint density at radius 3 is 2.48 bits per heavy atom. The standard InChI is InChI=1S/C19H36N6O.HI/c1-7-20-19(21-13-15(3)25-8-10-26-11-9-25)22-14(2)12-18-16(4)23-24(6)17(18)5;/h14-15H,7-13H2,1-6H3,(H2,20,21,22);1H. The van der Waals surface area contributed by atoms with Gasteiger partial charge in [0.2, 0.25) is 0 Å². The predicted molar refractivity (Wildman–Crippen MR) is 122 cm³/mol. The van der Waals surface area contributed by atoms with E-state index >= 15 is 0 Å². The smallest absolute Gasteiger partial charge is 0.191 e. The van der Waals surface area contributed by atoms with Crippen molar-refractivity contribution in [1.29, 1.82) is 0 Å². The number of aliphatic imine (C=N–C) groups is 1. The number of aryl methyl sites for hydroxylation is 2. The maximum Gasteiger partial charge on any atom is 0.191 e. The van der Waals surface area contributed by atoms with Gasteiger partial charge in [-0.1, -0.05) is 0 Å². The van der Waals surface area contributed by atoms with Crippen molar-refractivity contribution in [2.75, 3.05) is 39.4 Å². The maximum absolute atomic E-state index is 5.44. The van der Waals surface area contributed by atoms with E-state index < -0.39 is 0 Å². The van der Waals surface area contributed by atoms with Crippen LogP contribution in [0.5, 0.6) is 0 Å². The molecule has 8 heteroatoms. The van der Waals surface area contributed by atoms with E-state index in [1.165, 1.54) is 11.3 Å². The van der Waals surface area contributed by atoms with Crippen molar-refractivity contribution in [2.24, 2.45) is 12.0 Å². The molecule has 7 nitrogen and oxygen atoms in total. The molecule has 1 fully saturated rings. The molecule has 0 spiro atoms. The Kier molecular flexibility index (Phi) is 10.6. The van der Waals surface area contributed by atoms with Crippen LogP contribution in [0, 0.1) is 13.8 Å². The third-order valence-corrected chi connectivity index (χ3v) is 5.08. The van der Waals surface area contributed by atoms with E-state index in [2.05, 4.69) is 55.3 Å². The third-order valence-electron chi connectivity index (χ3n) is 5.08. The molecular weight excluding hydrogens is 455 g/mol. The number of morpholine rings is 1. The van der Waals surface area contributed by atoms with Crippen molar-refractivity contribution in [1.82, 2.24) is 25.3 Å². The summed E-state index contributed by atoms with van der Waals surface area (Å²) in [5.41, 5.74) is 3.67. The SMILES string of the molecule is CCNC(=NCC(C)N1CCOCC1)NC(C)Cc1c(C)nn(C)c1C.I. The Morgan fingerprint density at radius 2 is 1.93 bits per heavy atom. The van der Waals surface area contributed by atoms with Gasteiger partial charge in [-0.25, -0.2) is 0 Å². The van der Waals surface area contributed by atoms with Crippen LogP contribution in [0.15, 0.2) is 4.99 Å². The minimum atomic E-state index is 0. The molecule has 156 valence electrons. The van der Waals surface area contributed by atoms with Gasteiger partial charge in [-0.3, -0.25) is 14.6 Å². The number of guanidine groups is 1. The van der Waals surface area contributed by atoms with Gasteiger partial charge in [0.25, 0.3) is 0 Å². The molecule has 0 aromatic carbocycles. The summed E-state index contributed by atoms with van der Waals surface area (Å²) in [5, 5.41) is 11.4. The molecule has 1 saturated heterocycles. The second-order valence-electron chi connectivity index (χ2n) is 7.24. The number of hydrogen-bond acceptors (Lipinski definition) is 4. The fraction of sp³-hybridized carbons (Fsp3) is 0.789. The molecule has 2 heterocycles. The third kappa shape index (κ3) is 7.23. The molecule has 0 radical (unpaired) electrons. The summed E-state index contributed by atoms with van der Waals surface area (Å²) in [6.07, 6.45) is 0.939. The Labute approximate surface area is 181 Å². The van der Waals surface area contributed by atoms with Crippen molar-refractivity contribution >= 4 is 29.9 Å². The lowest BCUT2D eigenvalue weighted by Gasteiger charge is -2.31. The molecular formula is C19H37IN6O. The zero-order valence-corrected chi connectivity index (χ0v) is 20.0. The first-order valence-electron chi connectivity index (χ1n) is 9.78. The first-order chi connectivity index (χ1) is 12.4. The van der Waals surface area contributed by atoms with Crippen LogP contribution in [-0.2, 0) is 18.2 Å². The Hall–Kier alpha value is -0.870. The van der Waals surface area contributed by atoms with Gasteiger partial charge in [0.05, 0.1) is 25.5 Å². The number of nitrogens with zero attached hydrogens (tertiary/aromatic N) is 4. The van der Waals surface area contributed by atoms with E-state index in [0.717, 1.165) is 57.5 Å². The van der Waals surface area contributed by atoms with Crippen molar-refractivity contribution in [2.45, 2.75) is 53.1 Å². The van der Waals surface area contributed by atoms with E-state index in [1.54, 1.807) is 0 Å². The predicted octanol–water partition coefficient (Wildman–Crippen LogP) is 1.86. The van der Waals surface area contributed by atoms with Gasteiger partial charge in [0.15, 0.2) is 5.96 Å². The van der Waals surface area contributed by atoms with Crippen LogP contribution in [0.3, 0.4) is 0 Å². The second-order valence-corrected chi connectivity index (χ2v) is 7.24. The van der Waals surface area contributed by atoms with Gasteiger partial charge in [0, 0.05) is 44.5 Å². The number of nitrogens with one attached hydrogen (secondary N) is 2. The normalized spacial score (nSPS) is 17.9. The minimum absolute atomic E-state index is 0. The number of hydrogen-bond donors (Lipinski definition) is 2. The van der Waals surface area contributed by atoms with E-state index in [4.69, 9.17) is 9.73 Å². The summed E-state index contributed by atoms with van der Waals surface area (Å²) in [7, 11) is 2.00. The van der Waals surface area contributed by atoms with Gasteiger partial charge >= 0.3 is 0 Å². The van der Waals surface area contributed by atoms with Gasteiger partial charge in [-0.15, -0.1) is 24.0 Å². The van der Waals surface area contributed by atoms with Gasteiger partial charge in [0.1, 0.15) is 0 Å². The highest BCUT2D eigenvalue weighted by Gasteiger charge is 2.17.